The van der Waals surface area contributed by atoms with E-state index in [2.05, 4.69) is 183 Å². The van der Waals surface area contributed by atoms with Crippen LogP contribution in [0.5, 0.6) is 0 Å². The highest BCUT2D eigenvalue weighted by Crippen LogP contribution is 2.64. The van der Waals surface area contributed by atoms with Crippen molar-refractivity contribution in [2.45, 2.75) is 24.2 Å². The van der Waals surface area contributed by atoms with Crippen molar-refractivity contribution in [1.29, 1.82) is 0 Å². The SMILES string of the molecule is CC1=Cc2c(-c3ccc4ccccc4c3)cccc2C1C(c1ccccc1)(c1ccccc1)C1c2ccccc2-c2ccccc21. The van der Waals surface area contributed by atoms with Gasteiger partial charge in [-0.2, -0.15) is 0 Å². The molecular formula is C46H34. The molecule has 0 N–H and O–H groups in total. The van der Waals surface area contributed by atoms with Gasteiger partial charge < -0.3 is 0 Å². The first-order chi connectivity index (χ1) is 22.7. The van der Waals surface area contributed by atoms with Gasteiger partial charge in [-0.15, -0.1) is 0 Å². The van der Waals surface area contributed by atoms with Gasteiger partial charge in [0.2, 0.25) is 0 Å². The quantitative estimate of drug-likeness (QED) is 0.188. The molecule has 0 radical (unpaired) electrons. The third-order valence-electron chi connectivity index (χ3n) is 10.6. The molecular weight excluding hydrogens is 553 g/mol. The number of fused-ring (bicyclic) bond motifs is 5. The Morgan fingerprint density at radius 2 is 0.935 bits per heavy atom. The fraction of sp³-hybridized carbons (Fsp3) is 0.0870. The molecule has 0 nitrogen and oxygen atoms in total. The summed E-state index contributed by atoms with van der Waals surface area (Å²) in [6.07, 6.45) is 2.48. The van der Waals surface area contributed by atoms with E-state index >= 15 is 0 Å². The van der Waals surface area contributed by atoms with Crippen LogP contribution in [0, 0.1) is 0 Å². The van der Waals surface area contributed by atoms with Crippen molar-refractivity contribution in [3.8, 4) is 22.3 Å². The van der Waals surface area contributed by atoms with E-state index in [1.165, 1.54) is 72.0 Å². The van der Waals surface area contributed by atoms with Crippen molar-refractivity contribution in [1.82, 2.24) is 0 Å². The van der Waals surface area contributed by atoms with Crippen LogP contribution in [0.3, 0.4) is 0 Å². The molecule has 2 aliphatic carbocycles. The van der Waals surface area contributed by atoms with Crippen LogP contribution in [0.1, 0.15) is 52.1 Å². The van der Waals surface area contributed by atoms with E-state index in [0.29, 0.717) is 0 Å². The summed E-state index contributed by atoms with van der Waals surface area (Å²) >= 11 is 0. The van der Waals surface area contributed by atoms with Gasteiger partial charge in [-0.05, 0) is 79.4 Å². The molecule has 0 saturated heterocycles. The highest BCUT2D eigenvalue weighted by molar-refractivity contribution is 5.91. The zero-order chi connectivity index (χ0) is 30.7. The molecule has 7 aromatic carbocycles. The molecule has 0 spiro atoms. The fourth-order valence-corrected chi connectivity index (χ4v) is 8.84. The maximum absolute atomic E-state index is 2.48. The van der Waals surface area contributed by atoms with E-state index in [9.17, 15) is 0 Å². The third-order valence-corrected chi connectivity index (χ3v) is 10.6. The van der Waals surface area contributed by atoms with Crippen molar-refractivity contribution in [3.63, 3.8) is 0 Å². The van der Waals surface area contributed by atoms with Gasteiger partial charge in [0, 0.05) is 17.3 Å². The maximum Gasteiger partial charge on any atom is 0.0418 e. The monoisotopic (exact) mass is 586 g/mol. The van der Waals surface area contributed by atoms with Crippen molar-refractivity contribution < 1.29 is 0 Å². The lowest BCUT2D eigenvalue weighted by atomic mass is 9.54. The van der Waals surface area contributed by atoms with E-state index in [1.807, 2.05) is 0 Å². The van der Waals surface area contributed by atoms with Crippen LogP contribution in [0.25, 0.3) is 39.1 Å². The highest BCUT2D eigenvalue weighted by Gasteiger charge is 2.54. The maximum atomic E-state index is 2.48. The molecule has 1 atom stereocenters. The van der Waals surface area contributed by atoms with Crippen molar-refractivity contribution in [2.75, 3.05) is 0 Å². The summed E-state index contributed by atoms with van der Waals surface area (Å²) < 4.78 is 0. The normalized spacial score (nSPS) is 15.3. The van der Waals surface area contributed by atoms with E-state index in [0.717, 1.165) is 0 Å². The zero-order valence-electron chi connectivity index (χ0n) is 25.9. The first kappa shape index (κ1) is 26.9. The van der Waals surface area contributed by atoms with Crippen LogP contribution in [-0.2, 0) is 5.41 Å². The Morgan fingerprint density at radius 3 is 1.59 bits per heavy atom. The lowest BCUT2D eigenvalue weighted by molar-refractivity contribution is 0.405. The summed E-state index contributed by atoms with van der Waals surface area (Å²) in [7, 11) is 0. The Morgan fingerprint density at radius 1 is 0.413 bits per heavy atom. The second-order valence-corrected chi connectivity index (χ2v) is 12.9. The van der Waals surface area contributed by atoms with Gasteiger partial charge in [0.05, 0.1) is 0 Å². The summed E-state index contributed by atoms with van der Waals surface area (Å²) in [4.78, 5) is 0. The predicted molar refractivity (Wildman–Crippen MR) is 193 cm³/mol. The minimum atomic E-state index is -0.404. The molecule has 0 saturated carbocycles. The molecule has 9 rings (SSSR count). The number of allylic oxidation sites excluding steroid dienone is 1. The van der Waals surface area contributed by atoms with Crippen molar-refractivity contribution in [3.05, 3.63) is 209 Å². The second kappa shape index (κ2) is 10.6. The molecule has 0 bridgehead atoms. The molecule has 0 aliphatic heterocycles. The van der Waals surface area contributed by atoms with E-state index < -0.39 is 5.41 Å². The largest absolute Gasteiger partial charge is 0.0639 e. The predicted octanol–water partition coefficient (Wildman–Crippen LogP) is 11.8. The summed E-state index contributed by atoms with van der Waals surface area (Å²) in [5.41, 5.74) is 14.5. The van der Waals surface area contributed by atoms with Crippen molar-refractivity contribution in [2.24, 2.45) is 0 Å². The Kier molecular flexibility index (Phi) is 6.18. The molecule has 2 aliphatic rings. The third kappa shape index (κ3) is 3.87. The van der Waals surface area contributed by atoms with Crippen LogP contribution in [0.2, 0.25) is 0 Å². The van der Waals surface area contributed by atoms with E-state index in [1.54, 1.807) is 0 Å². The minimum absolute atomic E-state index is 0.119. The van der Waals surface area contributed by atoms with E-state index in [4.69, 9.17) is 0 Å². The molecule has 46 heavy (non-hydrogen) atoms. The number of hydrogen-bond donors (Lipinski definition) is 0. The molecule has 0 fully saturated rings. The van der Waals surface area contributed by atoms with Gasteiger partial charge in [0.15, 0.2) is 0 Å². The summed E-state index contributed by atoms with van der Waals surface area (Å²) in [5, 5.41) is 2.55. The first-order valence-corrected chi connectivity index (χ1v) is 16.3. The highest BCUT2D eigenvalue weighted by atomic mass is 14.6. The number of hydrogen-bond acceptors (Lipinski definition) is 0. The molecule has 0 heteroatoms. The van der Waals surface area contributed by atoms with E-state index in [-0.39, 0.29) is 11.8 Å². The average molecular weight is 587 g/mol. The van der Waals surface area contributed by atoms with Gasteiger partial charge >= 0.3 is 0 Å². The van der Waals surface area contributed by atoms with Crippen LogP contribution in [-0.4, -0.2) is 0 Å². The Bertz CT molecular complexity index is 2190. The first-order valence-electron chi connectivity index (χ1n) is 16.3. The van der Waals surface area contributed by atoms with Gasteiger partial charge in [0.1, 0.15) is 0 Å². The Balaban J connectivity index is 1.37. The van der Waals surface area contributed by atoms with Gasteiger partial charge in [-0.1, -0.05) is 175 Å². The lowest BCUT2D eigenvalue weighted by Crippen LogP contribution is -2.41. The Hall–Kier alpha value is -5.46. The molecule has 0 heterocycles. The lowest BCUT2D eigenvalue weighted by Gasteiger charge is -2.47. The molecule has 7 aromatic rings. The van der Waals surface area contributed by atoms with Gasteiger partial charge in [0.25, 0.3) is 0 Å². The van der Waals surface area contributed by atoms with Crippen LogP contribution >= 0.6 is 0 Å². The average Bonchev–Trinajstić information content (AvgIpc) is 3.65. The molecule has 0 aromatic heterocycles. The zero-order valence-corrected chi connectivity index (χ0v) is 25.9. The molecule has 0 amide bonds. The second-order valence-electron chi connectivity index (χ2n) is 12.9. The molecule has 1 unspecified atom stereocenters. The summed E-state index contributed by atoms with van der Waals surface area (Å²) in [6, 6.07) is 63.4. The fourth-order valence-electron chi connectivity index (χ4n) is 8.84. The summed E-state index contributed by atoms with van der Waals surface area (Å²) in [5.74, 6) is 0.241. The van der Waals surface area contributed by atoms with Crippen LogP contribution in [0.15, 0.2) is 175 Å². The smallest absolute Gasteiger partial charge is 0.0418 e. The van der Waals surface area contributed by atoms with Crippen molar-refractivity contribution >= 4 is 16.8 Å². The molecule has 218 valence electrons. The van der Waals surface area contributed by atoms with Crippen LogP contribution < -0.4 is 0 Å². The van der Waals surface area contributed by atoms with Crippen LogP contribution in [0.4, 0.5) is 0 Å². The standard InChI is InChI=1S/C46H34/c1-31-29-43-37(34-28-27-32-15-8-9-16-33(32)30-34)25-14-26-42(43)44(31)46(35-17-4-2-5-18-35,36-19-6-3-7-20-36)45-40-23-12-10-21-38(40)39-22-11-13-24-41(39)45/h2-30,44-45H,1H3. The minimum Gasteiger partial charge on any atom is -0.0639 e. The number of benzene rings is 7. The van der Waals surface area contributed by atoms with Gasteiger partial charge in [-0.3, -0.25) is 0 Å². The number of rotatable bonds is 5. The Labute approximate surface area is 271 Å². The summed E-state index contributed by atoms with van der Waals surface area (Å²) in [6.45, 7) is 2.36. The van der Waals surface area contributed by atoms with Gasteiger partial charge in [-0.25, -0.2) is 0 Å². The topological polar surface area (TPSA) is 0 Å².